The van der Waals surface area contributed by atoms with Crippen LogP contribution in [0.15, 0.2) is 30.3 Å². The van der Waals surface area contributed by atoms with E-state index >= 15 is 0 Å². The van der Waals surface area contributed by atoms with Gasteiger partial charge >= 0.3 is 6.09 Å². The second-order valence-electron chi connectivity index (χ2n) is 8.47. The number of benzene rings is 1. The summed E-state index contributed by atoms with van der Waals surface area (Å²) >= 11 is 0. The average molecular weight is 404 g/mol. The smallest absolute Gasteiger partial charge is 0.407 e. The van der Waals surface area contributed by atoms with E-state index in [1.54, 1.807) is 20.8 Å². The number of amides is 3. The first kappa shape index (κ1) is 22.7. The van der Waals surface area contributed by atoms with Crippen molar-refractivity contribution < 1.29 is 19.1 Å². The summed E-state index contributed by atoms with van der Waals surface area (Å²) in [5.74, 6) is 0.439. The minimum absolute atomic E-state index is 0.0938. The fraction of sp³-hybridized carbons (Fsp3) is 0.591. The molecule has 0 aliphatic carbocycles. The number of ether oxygens (including phenoxy) is 1. The predicted molar refractivity (Wildman–Crippen MR) is 111 cm³/mol. The van der Waals surface area contributed by atoms with E-state index in [1.807, 2.05) is 35.2 Å². The molecule has 160 valence electrons. The van der Waals surface area contributed by atoms with E-state index < -0.39 is 11.7 Å². The van der Waals surface area contributed by atoms with E-state index in [0.717, 1.165) is 31.5 Å². The number of hydrogen-bond donors (Lipinski definition) is 2. The molecule has 3 amide bonds. The number of carbonyl (C=O) groups is 3. The Balaban J connectivity index is 1.59. The van der Waals surface area contributed by atoms with Gasteiger partial charge < -0.3 is 20.3 Å². The van der Waals surface area contributed by atoms with Crippen LogP contribution in [-0.2, 0) is 20.7 Å². The quantitative estimate of drug-likeness (QED) is 0.732. The summed E-state index contributed by atoms with van der Waals surface area (Å²) in [6.07, 6.45) is 1.91. The number of nitrogens with one attached hydrogen (secondary N) is 2. The number of piperidine rings is 1. The van der Waals surface area contributed by atoms with Gasteiger partial charge in [-0.2, -0.15) is 0 Å². The highest BCUT2D eigenvalue weighted by atomic mass is 16.6. The number of rotatable bonds is 7. The van der Waals surface area contributed by atoms with Gasteiger partial charge in [0, 0.05) is 32.6 Å². The van der Waals surface area contributed by atoms with Gasteiger partial charge in [-0.3, -0.25) is 9.59 Å². The van der Waals surface area contributed by atoms with Crippen molar-refractivity contribution in [1.82, 2.24) is 15.5 Å². The van der Waals surface area contributed by atoms with E-state index in [9.17, 15) is 14.4 Å². The molecule has 7 nitrogen and oxygen atoms in total. The van der Waals surface area contributed by atoms with Crippen LogP contribution in [-0.4, -0.2) is 54.6 Å². The van der Waals surface area contributed by atoms with E-state index in [0.29, 0.717) is 18.9 Å². The molecule has 1 heterocycles. The van der Waals surface area contributed by atoms with Gasteiger partial charge in [-0.25, -0.2) is 4.79 Å². The molecule has 1 fully saturated rings. The van der Waals surface area contributed by atoms with Crippen LogP contribution in [0.3, 0.4) is 0 Å². The standard InChI is InChI=1S/C22H33N3O4/c1-22(2,3)29-21(28)23-12-9-19(26)24-16-18-10-13-25(14-11-18)20(27)15-17-7-5-4-6-8-17/h4-8,18H,9-16H2,1-3H3,(H,23,28)(H,24,26). The molecule has 1 aliphatic heterocycles. The fourth-order valence-electron chi connectivity index (χ4n) is 3.21. The van der Waals surface area contributed by atoms with Gasteiger partial charge in [0.2, 0.25) is 11.8 Å². The van der Waals surface area contributed by atoms with Gasteiger partial charge in [0.25, 0.3) is 0 Å². The summed E-state index contributed by atoms with van der Waals surface area (Å²) in [5, 5.41) is 5.50. The van der Waals surface area contributed by atoms with Crippen LogP contribution < -0.4 is 10.6 Å². The van der Waals surface area contributed by atoms with E-state index in [2.05, 4.69) is 10.6 Å². The van der Waals surface area contributed by atoms with Crippen LogP contribution in [0.1, 0.15) is 45.6 Å². The number of carbonyl (C=O) groups excluding carboxylic acids is 3. The molecule has 1 aliphatic rings. The molecule has 0 atom stereocenters. The van der Waals surface area contributed by atoms with Crippen LogP contribution in [0.2, 0.25) is 0 Å². The summed E-state index contributed by atoms with van der Waals surface area (Å²) in [5.41, 5.74) is 0.482. The van der Waals surface area contributed by atoms with Gasteiger partial charge in [0.1, 0.15) is 5.60 Å². The molecular formula is C22H33N3O4. The third kappa shape index (κ3) is 8.98. The Hall–Kier alpha value is -2.57. The van der Waals surface area contributed by atoms with Crippen LogP contribution in [0, 0.1) is 5.92 Å². The summed E-state index contributed by atoms with van der Waals surface area (Å²) in [6, 6.07) is 9.78. The van der Waals surface area contributed by atoms with Crippen molar-refractivity contribution in [3.63, 3.8) is 0 Å². The molecule has 2 rings (SSSR count). The maximum atomic E-state index is 12.4. The molecule has 0 aromatic heterocycles. The van der Waals surface area contributed by atoms with Gasteiger partial charge in [0.05, 0.1) is 6.42 Å². The van der Waals surface area contributed by atoms with Crippen molar-refractivity contribution >= 4 is 17.9 Å². The molecule has 29 heavy (non-hydrogen) atoms. The Labute approximate surface area is 173 Å². The molecule has 0 radical (unpaired) electrons. The lowest BCUT2D eigenvalue weighted by Crippen LogP contribution is -2.42. The van der Waals surface area contributed by atoms with Gasteiger partial charge in [-0.1, -0.05) is 30.3 Å². The van der Waals surface area contributed by atoms with Crippen molar-refractivity contribution in [2.24, 2.45) is 5.92 Å². The number of nitrogens with zero attached hydrogens (tertiary/aromatic N) is 1. The normalized spacial score (nSPS) is 14.9. The average Bonchev–Trinajstić information content (AvgIpc) is 2.66. The van der Waals surface area contributed by atoms with Gasteiger partial charge in [0.15, 0.2) is 0 Å². The zero-order chi connectivity index (χ0) is 21.3. The third-order valence-corrected chi connectivity index (χ3v) is 4.77. The Morgan fingerprint density at radius 2 is 1.72 bits per heavy atom. The van der Waals surface area contributed by atoms with Crippen LogP contribution in [0.4, 0.5) is 4.79 Å². The maximum Gasteiger partial charge on any atom is 0.407 e. The van der Waals surface area contributed by atoms with E-state index in [1.165, 1.54) is 0 Å². The summed E-state index contributed by atoms with van der Waals surface area (Å²) in [6.45, 7) is 7.68. The second-order valence-corrected chi connectivity index (χ2v) is 8.47. The van der Waals surface area contributed by atoms with Crippen LogP contribution in [0.25, 0.3) is 0 Å². The maximum absolute atomic E-state index is 12.4. The SMILES string of the molecule is CC(C)(C)OC(=O)NCCC(=O)NCC1CCN(C(=O)Cc2ccccc2)CC1. The molecule has 1 aromatic carbocycles. The van der Waals surface area contributed by atoms with Crippen molar-refractivity contribution in [1.29, 1.82) is 0 Å². The largest absolute Gasteiger partial charge is 0.444 e. The van der Waals surface area contributed by atoms with Crippen molar-refractivity contribution in [2.75, 3.05) is 26.2 Å². The molecule has 7 heteroatoms. The molecule has 2 N–H and O–H groups in total. The molecule has 1 saturated heterocycles. The molecule has 0 bridgehead atoms. The number of hydrogen-bond acceptors (Lipinski definition) is 4. The highest BCUT2D eigenvalue weighted by Crippen LogP contribution is 2.17. The predicted octanol–water partition coefficient (Wildman–Crippen LogP) is 2.50. The van der Waals surface area contributed by atoms with E-state index in [-0.39, 0.29) is 24.8 Å². The zero-order valence-corrected chi connectivity index (χ0v) is 17.7. The molecule has 0 spiro atoms. The zero-order valence-electron chi connectivity index (χ0n) is 17.7. The topological polar surface area (TPSA) is 87.7 Å². The minimum atomic E-state index is -0.552. The van der Waals surface area contributed by atoms with Gasteiger partial charge in [-0.15, -0.1) is 0 Å². The van der Waals surface area contributed by atoms with Crippen LogP contribution in [0.5, 0.6) is 0 Å². The first-order valence-corrected chi connectivity index (χ1v) is 10.3. The molecule has 0 unspecified atom stereocenters. The molecular weight excluding hydrogens is 370 g/mol. The summed E-state index contributed by atoms with van der Waals surface area (Å²) in [4.78, 5) is 37.8. The third-order valence-electron chi connectivity index (χ3n) is 4.77. The lowest BCUT2D eigenvalue weighted by Gasteiger charge is -2.32. The van der Waals surface area contributed by atoms with Crippen molar-refractivity contribution in [3.8, 4) is 0 Å². The fourth-order valence-corrected chi connectivity index (χ4v) is 3.21. The first-order valence-electron chi connectivity index (χ1n) is 10.3. The van der Waals surface area contributed by atoms with Gasteiger partial charge in [-0.05, 0) is 45.1 Å². The highest BCUT2D eigenvalue weighted by Gasteiger charge is 2.23. The first-order chi connectivity index (χ1) is 13.7. The molecule has 1 aromatic rings. The highest BCUT2D eigenvalue weighted by molar-refractivity contribution is 5.79. The van der Waals surface area contributed by atoms with Crippen LogP contribution >= 0.6 is 0 Å². The minimum Gasteiger partial charge on any atom is -0.444 e. The lowest BCUT2D eigenvalue weighted by atomic mass is 9.96. The lowest BCUT2D eigenvalue weighted by molar-refractivity contribution is -0.132. The number of alkyl carbamates (subject to hydrolysis) is 1. The molecule has 0 saturated carbocycles. The number of likely N-dealkylation sites (tertiary alicyclic amines) is 1. The Kier molecular flexibility index (Phi) is 8.49. The summed E-state index contributed by atoms with van der Waals surface area (Å²) in [7, 11) is 0. The van der Waals surface area contributed by atoms with Crippen molar-refractivity contribution in [2.45, 2.75) is 52.1 Å². The van der Waals surface area contributed by atoms with Crippen molar-refractivity contribution in [3.05, 3.63) is 35.9 Å². The Morgan fingerprint density at radius 3 is 2.34 bits per heavy atom. The summed E-state index contributed by atoms with van der Waals surface area (Å²) < 4.78 is 5.13. The monoisotopic (exact) mass is 403 g/mol. The van der Waals surface area contributed by atoms with E-state index in [4.69, 9.17) is 4.74 Å². The second kappa shape index (κ2) is 10.8. The Bertz CT molecular complexity index is 677. The Morgan fingerprint density at radius 1 is 1.07 bits per heavy atom.